The SMILES string of the molecule is COC(=O)c1ccc2nnc(-c3cc(Br)sc3Br)n2c1. The average Bonchev–Trinajstić information content (AvgIpc) is 2.99. The van der Waals surface area contributed by atoms with Crippen LogP contribution in [-0.2, 0) is 4.74 Å². The van der Waals surface area contributed by atoms with Crippen LogP contribution in [0.5, 0.6) is 0 Å². The van der Waals surface area contributed by atoms with E-state index in [0.29, 0.717) is 17.0 Å². The molecule has 0 atom stereocenters. The highest BCUT2D eigenvalue weighted by molar-refractivity contribution is 9.12. The van der Waals surface area contributed by atoms with Gasteiger partial charge in [-0.2, -0.15) is 0 Å². The third-order valence-electron chi connectivity index (χ3n) is 2.72. The highest BCUT2D eigenvalue weighted by atomic mass is 79.9. The van der Waals surface area contributed by atoms with E-state index in [4.69, 9.17) is 4.74 Å². The molecule has 0 saturated carbocycles. The highest BCUT2D eigenvalue weighted by Gasteiger charge is 2.16. The summed E-state index contributed by atoms with van der Waals surface area (Å²) in [6, 6.07) is 5.35. The van der Waals surface area contributed by atoms with Gasteiger partial charge in [0, 0.05) is 11.8 Å². The van der Waals surface area contributed by atoms with Crippen molar-refractivity contribution in [3.63, 3.8) is 0 Å². The Hall–Kier alpha value is -1.25. The van der Waals surface area contributed by atoms with Crippen LogP contribution in [0.25, 0.3) is 17.0 Å². The van der Waals surface area contributed by atoms with E-state index in [0.717, 1.165) is 13.1 Å². The fourth-order valence-corrected chi connectivity index (χ4v) is 4.60. The first-order valence-corrected chi connectivity index (χ1v) is 7.88. The number of hydrogen-bond donors (Lipinski definition) is 0. The number of esters is 1. The second-order valence-electron chi connectivity index (χ2n) is 3.90. The maximum Gasteiger partial charge on any atom is 0.339 e. The summed E-state index contributed by atoms with van der Waals surface area (Å²) in [5.41, 5.74) is 2.03. The van der Waals surface area contributed by atoms with Crippen molar-refractivity contribution in [1.29, 1.82) is 0 Å². The van der Waals surface area contributed by atoms with Crippen molar-refractivity contribution in [2.75, 3.05) is 7.11 Å². The molecule has 5 nitrogen and oxygen atoms in total. The van der Waals surface area contributed by atoms with Gasteiger partial charge in [0.15, 0.2) is 11.5 Å². The molecule has 3 heterocycles. The van der Waals surface area contributed by atoms with E-state index in [1.54, 1.807) is 34.1 Å². The molecule has 0 aliphatic heterocycles. The van der Waals surface area contributed by atoms with Crippen LogP contribution in [0.15, 0.2) is 32.0 Å². The van der Waals surface area contributed by atoms with Crippen LogP contribution in [0.1, 0.15) is 10.4 Å². The summed E-state index contributed by atoms with van der Waals surface area (Å²) in [4.78, 5) is 11.6. The Morgan fingerprint density at radius 2 is 2.15 bits per heavy atom. The summed E-state index contributed by atoms with van der Waals surface area (Å²) in [6.45, 7) is 0. The molecule has 0 unspecified atom stereocenters. The van der Waals surface area contributed by atoms with Crippen LogP contribution in [-0.4, -0.2) is 27.7 Å². The summed E-state index contributed by atoms with van der Waals surface area (Å²) in [5, 5.41) is 8.28. The lowest BCUT2D eigenvalue weighted by molar-refractivity contribution is 0.0600. The number of halogens is 2. The molecule has 8 heteroatoms. The second kappa shape index (κ2) is 5.27. The second-order valence-corrected chi connectivity index (χ2v) is 7.65. The molecule has 0 aromatic carbocycles. The molecule has 3 rings (SSSR count). The van der Waals surface area contributed by atoms with E-state index in [1.807, 2.05) is 6.07 Å². The van der Waals surface area contributed by atoms with Gasteiger partial charge in [-0.3, -0.25) is 4.40 Å². The number of ether oxygens (including phenoxy) is 1. The van der Waals surface area contributed by atoms with Crippen molar-refractivity contribution < 1.29 is 9.53 Å². The number of thiophene rings is 1. The Labute approximate surface area is 134 Å². The molecule has 0 radical (unpaired) electrons. The Morgan fingerprint density at radius 3 is 2.80 bits per heavy atom. The van der Waals surface area contributed by atoms with E-state index >= 15 is 0 Å². The van der Waals surface area contributed by atoms with Gasteiger partial charge in [-0.25, -0.2) is 4.79 Å². The van der Waals surface area contributed by atoms with Crippen molar-refractivity contribution in [3.05, 3.63) is 37.5 Å². The highest BCUT2D eigenvalue weighted by Crippen LogP contribution is 2.37. The minimum Gasteiger partial charge on any atom is -0.465 e. The number of pyridine rings is 1. The zero-order chi connectivity index (χ0) is 14.3. The number of carbonyl (C=O) groups is 1. The van der Waals surface area contributed by atoms with Gasteiger partial charge in [0.05, 0.1) is 20.2 Å². The lowest BCUT2D eigenvalue weighted by atomic mass is 10.2. The van der Waals surface area contributed by atoms with Gasteiger partial charge in [0.1, 0.15) is 0 Å². The van der Waals surface area contributed by atoms with E-state index < -0.39 is 5.97 Å². The van der Waals surface area contributed by atoms with Crippen molar-refractivity contribution >= 4 is 54.8 Å². The zero-order valence-corrected chi connectivity index (χ0v) is 14.1. The van der Waals surface area contributed by atoms with Gasteiger partial charge < -0.3 is 4.74 Å². The molecule has 3 aromatic heterocycles. The maximum absolute atomic E-state index is 11.6. The maximum atomic E-state index is 11.6. The molecule has 0 amide bonds. The van der Waals surface area contributed by atoms with Crippen LogP contribution in [0.3, 0.4) is 0 Å². The van der Waals surface area contributed by atoms with Gasteiger partial charge in [-0.15, -0.1) is 21.5 Å². The van der Waals surface area contributed by atoms with E-state index in [-0.39, 0.29) is 0 Å². The van der Waals surface area contributed by atoms with Crippen molar-refractivity contribution in [3.8, 4) is 11.4 Å². The number of methoxy groups -OCH3 is 1. The number of fused-ring (bicyclic) bond motifs is 1. The number of nitrogens with zero attached hydrogens (tertiary/aromatic N) is 3. The minimum absolute atomic E-state index is 0.392. The Kier molecular flexibility index (Phi) is 3.61. The van der Waals surface area contributed by atoms with Crippen LogP contribution in [0.2, 0.25) is 0 Å². The van der Waals surface area contributed by atoms with E-state index in [9.17, 15) is 4.79 Å². The number of rotatable bonds is 2. The first kappa shape index (κ1) is 13.7. The first-order chi connectivity index (χ1) is 9.60. The van der Waals surface area contributed by atoms with Crippen molar-refractivity contribution in [2.24, 2.45) is 0 Å². The summed E-state index contributed by atoms with van der Waals surface area (Å²) in [5.74, 6) is 0.275. The largest absolute Gasteiger partial charge is 0.465 e. The van der Waals surface area contributed by atoms with Gasteiger partial charge in [0.2, 0.25) is 0 Å². The van der Waals surface area contributed by atoms with Crippen molar-refractivity contribution in [1.82, 2.24) is 14.6 Å². The third-order valence-corrected chi connectivity index (χ3v) is 5.06. The van der Waals surface area contributed by atoms with Gasteiger partial charge in [-0.05, 0) is 50.1 Å². The standard InChI is InChI=1S/C12H7Br2N3O2S/c1-19-12(18)6-2-3-9-15-16-11(17(9)5-6)7-4-8(13)20-10(7)14/h2-5H,1H3. The van der Waals surface area contributed by atoms with E-state index in [2.05, 4.69) is 42.1 Å². The molecule has 0 bridgehead atoms. The lowest BCUT2D eigenvalue weighted by Gasteiger charge is -2.02. The fourth-order valence-electron chi connectivity index (χ4n) is 1.81. The zero-order valence-electron chi connectivity index (χ0n) is 10.1. The average molecular weight is 417 g/mol. The quantitative estimate of drug-likeness (QED) is 0.596. The number of aromatic nitrogens is 3. The van der Waals surface area contributed by atoms with Gasteiger partial charge >= 0.3 is 5.97 Å². The number of hydrogen-bond acceptors (Lipinski definition) is 5. The smallest absolute Gasteiger partial charge is 0.339 e. The molecular formula is C12H7Br2N3O2S. The summed E-state index contributed by atoms with van der Waals surface area (Å²) >= 11 is 8.49. The molecule has 0 fully saturated rings. The fraction of sp³-hybridized carbons (Fsp3) is 0.0833. The van der Waals surface area contributed by atoms with Crippen molar-refractivity contribution in [2.45, 2.75) is 0 Å². The normalized spacial score (nSPS) is 10.9. The Bertz CT molecular complexity index is 812. The van der Waals surface area contributed by atoms with Crippen LogP contribution >= 0.6 is 43.2 Å². The van der Waals surface area contributed by atoms with Gasteiger partial charge in [-0.1, -0.05) is 0 Å². The lowest BCUT2D eigenvalue weighted by Crippen LogP contribution is -2.03. The predicted octanol–water partition coefficient (Wildman–Crippen LogP) is 3.77. The molecule has 102 valence electrons. The van der Waals surface area contributed by atoms with Gasteiger partial charge in [0.25, 0.3) is 0 Å². The van der Waals surface area contributed by atoms with Crippen LogP contribution < -0.4 is 0 Å². The van der Waals surface area contributed by atoms with E-state index in [1.165, 1.54) is 7.11 Å². The van der Waals surface area contributed by atoms with Crippen LogP contribution in [0.4, 0.5) is 0 Å². The first-order valence-electron chi connectivity index (χ1n) is 5.48. The molecular weight excluding hydrogens is 410 g/mol. The Balaban J connectivity index is 2.21. The molecule has 0 N–H and O–H groups in total. The molecule has 0 saturated heterocycles. The molecule has 3 aromatic rings. The minimum atomic E-state index is -0.392. The van der Waals surface area contributed by atoms with Crippen LogP contribution in [0, 0.1) is 0 Å². The third kappa shape index (κ3) is 2.27. The monoisotopic (exact) mass is 415 g/mol. The topological polar surface area (TPSA) is 56.5 Å². The summed E-state index contributed by atoms with van der Waals surface area (Å²) in [6.07, 6.45) is 1.68. The summed E-state index contributed by atoms with van der Waals surface area (Å²) < 4.78 is 8.43. The Morgan fingerprint density at radius 1 is 1.35 bits per heavy atom. The summed E-state index contributed by atoms with van der Waals surface area (Å²) in [7, 11) is 1.35. The molecule has 20 heavy (non-hydrogen) atoms. The number of carbonyl (C=O) groups excluding carboxylic acids is 1. The molecule has 0 aliphatic carbocycles. The molecule has 0 spiro atoms. The molecule has 0 aliphatic rings. The predicted molar refractivity (Wildman–Crippen MR) is 83.0 cm³/mol.